The number of nitrogens with one attached hydrogen (secondary N) is 1. The molecule has 114 valence electrons. The van der Waals surface area contributed by atoms with E-state index in [0.29, 0.717) is 0 Å². The van der Waals surface area contributed by atoms with E-state index < -0.39 is 0 Å². The lowest BCUT2D eigenvalue weighted by atomic mass is 9.73. The fraction of sp³-hybridized carbons (Fsp3) is 1.00. The van der Waals surface area contributed by atoms with E-state index >= 15 is 0 Å². The Kier molecular flexibility index (Phi) is 9.54. The van der Waals surface area contributed by atoms with Crippen molar-refractivity contribution in [2.75, 3.05) is 26.3 Å². The highest BCUT2D eigenvalue weighted by molar-refractivity contribution is 4.81. The van der Waals surface area contributed by atoms with Crippen molar-refractivity contribution in [2.45, 2.75) is 65.7 Å². The lowest BCUT2D eigenvalue weighted by molar-refractivity contribution is 0.0435. The Bertz CT molecular complexity index is 207. The first kappa shape index (κ1) is 17.0. The van der Waals surface area contributed by atoms with Gasteiger partial charge in [0.2, 0.25) is 0 Å². The Hall–Kier alpha value is -0.0800. The molecule has 1 fully saturated rings. The van der Waals surface area contributed by atoms with E-state index in [1.54, 1.807) is 0 Å². The van der Waals surface area contributed by atoms with Gasteiger partial charge in [-0.25, -0.2) is 0 Å². The SMILES string of the molecule is CCCNCC1CCC(CCC)CC1COCCC. The van der Waals surface area contributed by atoms with Gasteiger partial charge in [-0.1, -0.05) is 40.0 Å². The van der Waals surface area contributed by atoms with Crippen LogP contribution < -0.4 is 5.32 Å². The number of ether oxygens (including phenoxy) is 1. The summed E-state index contributed by atoms with van der Waals surface area (Å²) in [6, 6.07) is 0. The zero-order valence-corrected chi connectivity index (χ0v) is 13.4. The zero-order valence-electron chi connectivity index (χ0n) is 13.4. The first-order valence-corrected chi connectivity index (χ1v) is 8.60. The Morgan fingerprint density at radius 3 is 2.53 bits per heavy atom. The molecular weight excluding hydrogens is 234 g/mol. The Balaban J connectivity index is 2.37. The molecule has 1 N–H and O–H groups in total. The van der Waals surface area contributed by atoms with Gasteiger partial charge in [-0.2, -0.15) is 0 Å². The molecule has 0 radical (unpaired) electrons. The third kappa shape index (κ3) is 6.76. The Morgan fingerprint density at radius 2 is 1.84 bits per heavy atom. The minimum atomic E-state index is 0.793. The van der Waals surface area contributed by atoms with Crippen LogP contribution >= 0.6 is 0 Å². The van der Waals surface area contributed by atoms with Crippen LogP contribution in [0.4, 0.5) is 0 Å². The summed E-state index contributed by atoms with van der Waals surface area (Å²) in [5.41, 5.74) is 0. The summed E-state index contributed by atoms with van der Waals surface area (Å²) in [7, 11) is 0. The number of hydrogen-bond acceptors (Lipinski definition) is 2. The molecule has 3 atom stereocenters. The van der Waals surface area contributed by atoms with Gasteiger partial charge in [0, 0.05) is 13.2 Å². The van der Waals surface area contributed by atoms with Gasteiger partial charge in [0.05, 0.1) is 0 Å². The van der Waals surface area contributed by atoms with Crippen LogP contribution in [0.5, 0.6) is 0 Å². The molecule has 0 heterocycles. The monoisotopic (exact) mass is 269 g/mol. The normalized spacial score (nSPS) is 27.6. The van der Waals surface area contributed by atoms with E-state index in [1.807, 2.05) is 0 Å². The van der Waals surface area contributed by atoms with Crippen molar-refractivity contribution in [3.63, 3.8) is 0 Å². The van der Waals surface area contributed by atoms with Crippen molar-refractivity contribution in [2.24, 2.45) is 17.8 Å². The number of rotatable bonds is 10. The summed E-state index contributed by atoms with van der Waals surface area (Å²) < 4.78 is 5.86. The minimum absolute atomic E-state index is 0.793. The molecule has 2 nitrogen and oxygen atoms in total. The minimum Gasteiger partial charge on any atom is -0.381 e. The highest BCUT2D eigenvalue weighted by Crippen LogP contribution is 2.36. The van der Waals surface area contributed by atoms with Crippen LogP contribution in [0.1, 0.15) is 65.7 Å². The van der Waals surface area contributed by atoms with Crippen LogP contribution in [0, 0.1) is 17.8 Å². The fourth-order valence-corrected chi connectivity index (χ4v) is 3.41. The quantitative estimate of drug-likeness (QED) is 0.599. The van der Waals surface area contributed by atoms with Crippen molar-refractivity contribution in [3.05, 3.63) is 0 Å². The molecule has 1 aliphatic carbocycles. The second-order valence-corrected chi connectivity index (χ2v) is 6.27. The highest BCUT2D eigenvalue weighted by atomic mass is 16.5. The third-order valence-electron chi connectivity index (χ3n) is 4.46. The molecular formula is C17H35NO. The number of hydrogen-bond donors (Lipinski definition) is 1. The van der Waals surface area contributed by atoms with E-state index in [-0.39, 0.29) is 0 Å². The van der Waals surface area contributed by atoms with E-state index in [9.17, 15) is 0 Å². The summed E-state index contributed by atoms with van der Waals surface area (Å²) in [6.45, 7) is 11.0. The van der Waals surface area contributed by atoms with Gasteiger partial charge in [-0.05, 0) is 56.5 Å². The topological polar surface area (TPSA) is 21.3 Å². The molecule has 19 heavy (non-hydrogen) atoms. The van der Waals surface area contributed by atoms with Crippen LogP contribution in [0.3, 0.4) is 0 Å². The van der Waals surface area contributed by atoms with Crippen LogP contribution in [0.25, 0.3) is 0 Å². The van der Waals surface area contributed by atoms with E-state index in [2.05, 4.69) is 26.1 Å². The van der Waals surface area contributed by atoms with Crippen molar-refractivity contribution in [1.82, 2.24) is 5.32 Å². The molecule has 2 heteroatoms. The predicted molar refractivity (Wildman–Crippen MR) is 83.5 cm³/mol. The average Bonchev–Trinajstić information content (AvgIpc) is 2.42. The van der Waals surface area contributed by atoms with Crippen molar-refractivity contribution in [1.29, 1.82) is 0 Å². The van der Waals surface area contributed by atoms with Gasteiger partial charge < -0.3 is 10.1 Å². The van der Waals surface area contributed by atoms with Crippen LogP contribution in [0.15, 0.2) is 0 Å². The Labute approximate surface area is 120 Å². The van der Waals surface area contributed by atoms with Gasteiger partial charge in [0.1, 0.15) is 0 Å². The maximum absolute atomic E-state index is 5.86. The largest absolute Gasteiger partial charge is 0.381 e. The molecule has 0 aliphatic heterocycles. The summed E-state index contributed by atoms with van der Waals surface area (Å²) in [6.07, 6.45) is 9.38. The summed E-state index contributed by atoms with van der Waals surface area (Å²) in [4.78, 5) is 0. The fourth-order valence-electron chi connectivity index (χ4n) is 3.41. The van der Waals surface area contributed by atoms with Gasteiger partial charge in [-0.15, -0.1) is 0 Å². The van der Waals surface area contributed by atoms with Crippen molar-refractivity contribution < 1.29 is 4.74 Å². The maximum Gasteiger partial charge on any atom is 0.0497 e. The first-order chi connectivity index (χ1) is 9.31. The molecule has 1 rings (SSSR count). The standard InChI is InChI=1S/C17H35NO/c1-4-7-15-8-9-16(13-18-10-5-2)17(12-15)14-19-11-6-3/h15-18H,4-14H2,1-3H3. The second-order valence-electron chi connectivity index (χ2n) is 6.27. The van der Waals surface area contributed by atoms with Gasteiger partial charge in [0.25, 0.3) is 0 Å². The van der Waals surface area contributed by atoms with Gasteiger partial charge >= 0.3 is 0 Å². The molecule has 0 aromatic carbocycles. The molecule has 1 saturated carbocycles. The molecule has 0 amide bonds. The summed E-state index contributed by atoms with van der Waals surface area (Å²) in [5.74, 6) is 2.60. The predicted octanol–water partition coefficient (Wildman–Crippen LogP) is 4.25. The molecule has 0 aromatic heterocycles. The molecule has 0 bridgehead atoms. The molecule has 0 spiro atoms. The van der Waals surface area contributed by atoms with E-state index in [4.69, 9.17) is 4.74 Å². The highest BCUT2D eigenvalue weighted by Gasteiger charge is 2.29. The van der Waals surface area contributed by atoms with E-state index in [0.717, 1.165) is 43.9 Å². The zero-order chi connectivity index (χ0) is 13.9. The molecule has 1 aliphatic rings. The van der Waals surface area contributed by atoms with Crippen molar-refractivity contribution in [3.8, 4) is 0 Å². The third-order valence-corrected chi connectivity index (χ3v) is 4.46. The summed E-state index contributed by atoms with van der Waals surface area (Å²) >= 11 is 0. The average molecular weight is 269 g/mol. The molecule has 0 saturated heterocycles. The summed E-state index contributed by atoms with van der Waals surface area (Å²) in [5, 5.41) is 3.62. The van der Waals surface area contributed by atoms with E-state index in [1.165, 1.54) is 45.1 Å². The van der Waals surface area contributed by atoms with Crippen LogP contribution in [-0.2, 0) is 4.74 Å². The lowest BCUT2D eigenvalue weighted by Gasteiger charge is -2.36. The van der Waals surface area contributed by atoms with Crippen LogP contribution in [0.2, 0.25) is 0 Å². The first-order valence-electron chi connectivity index (χ1n) is 8.60. The molecule has 0 aromatic rings. The lowest BCUT2D eigenvalue weighted by Crippen LogP contribution is -2.35. The van der Waals surface area contributed by atoms with Gasteiger partial charge in [0.15, 0.2) is 0 Å². The maximum atomic E-state index is 5.86. The Morgan fingerprint density at radius 1 is 1.00 bits per heavy atom. The van der Waals surface area contributed by atoms with Crippen LogP contribution in [-0.4, -0.2) is 26.3 Å². The molecule has 3 unspecified atom stereocenters. The van der Waals surface area contributed by atoms with Gasteiger partial charge in [-0.3, -0.25) is 0 Å². The second kappa shape index (κ2) is 10.7. The van der Waals surface area contributed by atoms with Crippen molar-refractivity contribution >= 4 is 0 Å². The smallest absolute Gasteiger partial charge is 0.0497 e.